The van der Waals surface area contributed by atoms with Gasteiger partial charge in [0.25, 0.3) is 0 Å². The van der Waals surface area contributed by atoms with Crippen molar-refractivity contribution in [1.29, 1.82) is 5.26 Å². The zero-order valence-electron chi connectivity index (χ0n) is 9.25. The first-order valence-corrected chi connectivity index (χ1v) is 5.14. The second-order valence-corrected chi connectivity index (χ2v) is 3.10. The molecule has 4 heteroatoms. The van der Waals surface area contributed by atoms with Gasteiger partial charge < -0.3 is 10.1 Å². The zero-order valence-corrected chi connectivity index (χ0v) is 9.25. The van der Waals surface area contributed by atoms with Gasteiger partial charge in [-0.2, -0.15) is 5.26 Å². The molecule has 0 atom stereocenters. The van der Waals surface area contributed by atoms with E-state index in [-0.39, 0.29) is 0 Å². The van der Waals surface area contributed by atoms with Crippen molar-refractivity contribution in [1.82, 2.24) is 10.2 Å². The maximum Gasteiger partial charge on any atom is 0.0635 e. The SMILES string of the molecule is CCNCCN(CCC#N)CCOC. The highest BCUT2D eigenvalue weighted by molar-refractivity contribution is 4.72. The van der Waals surface area contributed by atoms with Crippen LogP contribution in [0.3, 0.4) is 0 Å². The molecule has 0 saturated carbocycles. The van der Waals surface area contributed by atoms with Gasteiger partial charge in [-0.1, -0.05) is 6.92 Å². The number of ether oxygens (including phenoxy) is 1. The van der Waals surface area contributed by atoms with E-state index in [1.807, 2.05) is 0 Å². The number of nitrogens with one attached hydrogen (secondary N) is 1. The molecular formula is C10H21N3O. The van der Waals surface area contributed by atoms with Crippen LogP contribution < -0.4 is 5.32 Å². The summed E-state index contributed by atoms with van der Waals surface area (Å²) >= 11 is 0. The molecule has 0 saturated heterocycles. The van der Waals surface area contributed by atoms with Crippen LogP contribution in [0.1, 0.15) is 13.3 Å². The monoisotopic (exact) mass is 199 g/mol. The zero-order chi connectivity index (χ0) is 10.6. The van der Waals surface area contributed by atoms with Crippen molar-refractivity contribution < 1.29 is 4.74 Å². The Kier molecular flexibility index (Phi) is 9.98. The van der Waals surface area contributed by atoms with Gasteiger partial charge in [0, 0.05) is 39.7 Å². The van der Waals surface area contributed by atoms with Gasteiger partial charge in [-0.05, 0) is 6.54 Å². The van der Waals surface area contributed by atoms with Crippen LogP contribution in [0.5, 0.6) is 0 Å². The molecular weight excluding hydrogens is 178 g/mol. The minimum absolute atomic E-state index is 0.593. The average molecular weight is 199 g/mol. The number of nitrogens with zero attached hydrogens (tertiary/aromatic N) is 2. The number of methoxy groups -OCH3 is 1. The Morgan fingerprint density at radius 2 is 2.14 bits per heavy atom. The average Bonchev–Trinajstić information content (AvgIpc) is 2.21. The standard InChI is InChI=1S/C10H21N3O/c1-3-12-6-8-13(7-4-5-11)9-10-14-2/h12H,3-4,6-10H2,1-2H3. The molecule has 0 heterocycles. The fraction of sp³-hybridized carbons (Fsp3) is 0.900. The highest BCUT2D eigenvalue weighted by atomic mass is 16.5. The number of nitriles is 1. The smallest absolute Gasteiger partial charge is 0.0635 e. The van der Waals surface area contributed by atoms with Gasteiger partial charge in [0.15, 0.2) is 0 Å². The van der Waals surface area contributed by atoms with Crippen LogP contribution in [0.2, 0.25) is 0 Å². The first-order valence-electron chi connectivity index (χ1n) is 5.14. The first-order chi connectivity index (χ1) is 6.85. The summed E-state index contributed by atoms with van der Waals surface area (Å²) in [5.74, 6) is 0. The summed E-state index contributed by atoms with van der Waals surface area (Å²) in [4.78, 5) is 2.25. The molecule has 0 spiro atoms. The molecule has 14 heavy (non-hydrogen) atoms. The van der Waals surface area contributed by atoms with Crippen LogP contribution >= 0.6 is 0 Å². The first kappa shape index (κ1) is 13.4. The molecule has 0 aliphatic carbocycles. The number of hydrogen-bond donors (Lipinski definition) is 1. The number of hydrogen-bond acceptors (Lipinski definition) is 4. The quantitative estimate of drug-likeness (QED) is 0.548. The molecule has 0 aliphatic heterocycles. The Hall–Kier alpha value is -0.630. The van der Waals surface area contributed by atoms with Crippen LogP contribution in [0.25, 0.3) is 0 Å². The topological polar surface area (TPSA) is 48.3 Å². The van der Waals surface area contributed by atoms with E-state index in [0.29, 0.717) is 6.42 Å². The molecule has 0 radical (unpaired) electrons. The third-order valence-electron chi connectivity index (χ3n) is 2.01. The third kappa shape index (κ3) is 7.99. The van der Waals surface area contributed by atoms with Crippen LogP contribution in [-0.4, -0.2) is 51.3 Å². The summed E-state index contributed by atoms with van der Waals surface area (Å²) in [6.45, 7) is 7.53. The Morgan fingerprint density at radius 3 is 2.71 bits per heavy atom. The molecule has 0 bridgehead atoms. The maximum absolute atomic E-state index is 8.49. The van der Waals surface area contributed by atoms with E-state index in [1.54, 1.807) is 7.11 Å². The summed E-state index contributed by atoms with van der Waals surface area (Å²) in [5, 5.41) is 11.8. The molecule has 4 nitrogen and oxygen atoms in total. The number of likely N-dealkylation sites (N-methyl/N-ethyl adjacent to an activating group) is 1. The summed E-state index contributed by atoms with van der Waals surface area (Å²) in [5.41, 5.74) is 0. The minimum atomic E-state index is 0.593. The predicted octanol–water partition coefficient (Wildman–Crippen LogP) is 0.458. The fourth-order valence-electron chi connectivity index (χ4n) is 1.18. The van der Waals surface area contributed by atoms with Crippen molar-refractivity contribution in [3.05, 3.63) is 0 Å². The van der Waals surface area contributed by atoms with Gasteiger partial charge in [-0.25, -0.2) is 0 Å². The molecule has 82 valence electrons. The maximum atomic E-state index is 8.49. The van der Waals surface area contributed by atoms with E-state index in [4.69, 9.17) is 10.00 Å². The van der Waals surface area contributed by atoms with Crippen LogP contribution in [0.4, 0.5) is 0 Å². The van der Waals surface area contributed by atoms with Crippen LogP contribution in [-0.2, 0) is 4.74 Å². The molecule has 0 aromatic heterocycles. The highest BCUT2D eigenvalue weighted by Crippen LogP contribution is 1.90. The third-order valence-corrected chi connectivity index (χ3v) is 2.01. The fourth-order valence-corrected chi connectivity index (χ4v) is 1.18. The summed E-state index contributed by atoms with van der Waals surface area (Å²) < 4.78 is 5.01. The van der Waals surface area contributed by atoms with E-state index in [1.165, 1.54) is 0 Å². The van der Waals surface area contributed by atoms with Crippen molar-refractivity contribution in [2.45, 2.75) is 13.3 Å². The highest BCUT2D eigenvalue weighted by Gasteiger charge is 2.02. The lowest BCUT2D eigenvalue weighted by molar-refractivity contribution is 0.149. The molecule has 0 aromatic rings. The lowest BCUT2D eigenvalue weighted by Gasteiger charge is -2.20. The Morgan fingerprint density at radius 1 is 1.36 bits per heavy atom. The second kappa shape index (κ2) is 10.5. The van der Waals surface area contributed by atoms with Gasteiger partial charge in [0.05, 0.1) is 12.7 Å². The molecule has 0 unspecified atom stereocenters. The van der Waals surface area contributed by atoms with Crippen LogP contribution in [0.15, 0.2) is 0 Å². The van der Waals surface area contributed by atoms with E-state index in [0.717, 1.165) is 39.3 Å². The summed E-state index contributed by atoms with van der Waals surface area (Å²) in [6, 6.07) is 2.16. The normalized spacial score (nSPS) is 10.4. The number of rotatable bonds is 9. The van der Waals surface area contributed by atoms with Crippen LogP contribution in [0, 0.1) is 11.3 Å². The van der Waals surface area contributed by atoms with E-state index >= 15 is 0 Å². The summed E-state index contributed by atoms with van der Waals surface area (Å²) in [7, 11) is 1.70. The van der Waals surface area contributed by atoms with Gasteiger partial charge >= 0.3 is 0 Å². The van der Waals surface area contributed by atoms with Gasteiger partial charge in [0.1, 0.15) is 0 Å². The minimum Gasteiger partial charge on any atom is -0.383 e. The van der Waals surface area contributed by atoms with E-state index in [9.17, 15) is 0 Å². The van der Waals surface area contributed by atoms with Crippen molar-refractivity contribution in [3.63, 3.8) is 0 Å². The summed E-state index contributed by atoms with van der Waals surface area (Å²) in [6.07, 6.45) is 0.593. The Balaban J connectivity index is 3.56. The molecule has 0 amide bonds. The lowest BCUT2D eigenvalue weighted by atomic mass is 10.4. The molecule has 0 fully saturated rings. The second-order valence-electron chi connectivity index (χ2n) is 3.10. The molecule has 0 rings (SSSR count). The van der Waals surface area contributed by atoms with E-state index in [2.05, 4.69) is 23.2 Å². The Labute approximate surface area is 86.8 Å². The predicted molar refractivity (Wildman–Crippen MR) is 57.1 cm³/mol. The van der Waals surface area contributed by atoms with Crippen molar-refractivity contribution >= 4 is 0 Å². The molecule has 0 aliphatic rings. The van der Waals surface area contributed by atoms with Gasteiger partial charge in [0.2, 0.25) is 0 Å². The van der Waals surface area contributed by atoms with Gasteiger partial charge in [-0.3, -0.25) is 4.90 Å². The van der Waals surface area contributed by atoms with Crippen molar-refractivity contribution in [2.24, 2.45) is 0 Å². The largest absolute Gasteiger partial charge is 0.383 e. The van der Waals surface area contributed by atoms with E-state index < -0.39 is 0 Å². The lowest BCUT2D eigenvalue weighted by Crippen LogP contribution is -2.35. The van der Waals surface area contributed by atoms with Gasteiger partial charge in [-0.15, -0.1) is 0 Å². The molecule has 1 N–H and O–H groups in total. The van der Waals surface area contributed by atoms with Crippen molar-refractivity contribution in [2.75, 3.05) is 46.4 Å². The van der Waals surface area contributed by atoms with Crippen molar-refractivity contribution in [3.8, 4) is 6.07 Å². The molecule has 0 aromatic carbocycles. The Bertz CT molecular complexity index is 156.